The molecule has 14 heavy (non-hydrogen) atoms. The fourth-order valence-electron chi connectivity index (χ4n) is 1.03. The number of nitrogens with zero attached hydrogens (tertiary/aromatic N) is 3. The van der Waals surface area contributed by atoms with E-state index in [2.05, 4.69) is 5.10 Å². The van der Waals surface area contributed by atoms with Crippen molar-refractivity contribution in [2.75, 3.05) is 6.54 Å². The third kappa shape index (κ3) is 2.08. The van der Waals surface area contributed by atoms with Crippen molar-refractivity contribution in [3.63, 3.8) is 0 Å². The van der Waals surface area contributed by atoms with Crippen LogP contribution in [0.5, 0.6) is 0 Å². The molecule has 0 aliphatic carbocycles. The summed E-state index contributed by atoms with van der Waals surface area (Å²) in [5.74, 6) is 0. The lowest BCUT2D eigenvalue weighted by Crippen LogP contribution is -2.26. The summed E-state index contributed by atoms with van der Waals surface area (Å²) in [6.07, 6.45) is 1.84. The average Bonchev–Trinajstić information content (AvgIpc) is 2.56. The van der Waals surface area contributed by atoms with Crippen LogP contribution in [0.3, 0.4) is 0 Å². The summed E-state index contributed by atoms with van der Waals surface area (Å²) < 4.78 is 14.8. The molecule has 0 spiro atoms. The molecule has 0 saturated heterocycles. The minimum Gasteiger partial charge on any atom is -0.327 e. The van der Waals surface area contributed by atoms with Crippen LogP contribution in [0.2, 0.25) is 0 Å². The van der Waals surface area contributed by atoms with Crippen LogP contribution >= 0.6 is 0 Å². The molecule has 1 aromatic rings. The Morgan fingerprint density at radius 3 is 2.93 bits per heavy atom. The van der Waals surface area contributed by atoms with E-state index in [-0.39, 0.29) is 18.8 Å². The first-order chi connectivity index (χ1) is 6.72. The first-order valence-corrected chi connectivity index (χ1v) is 4.33. The highest BCUT2D eigenvalue weighted by molar-refractivity contribution is 4.98. The van der Waals surface area contributed by atoms with E-state index in [4.69, 9.17) is 5.73 Å². The Balaban J connectivity index is 2.87. The molecule has 2 N–H and O–H groups in total. The van der Waals surface area contributed by atoms with E-state index in [0.29, 0.717) is 18.4 Å². The zero-order valence-corrected chi connectivity index (χ0v) is 7.98. The predicted molar refractivity (Wildman–Crippen MR) is 50.4 cm³/mol. The number of hydrogen-bond donors (Lipinski definition) is 1. The lowest BCUT2D eigenvalue weighted by Gasteiger charge is -2.00. The van der Waals surface area contributed by atoms with Gasteiger partial charge in [0.2, 0.25) is 0 Å². The summed E-state index contributed by atoms with van der Waals surface area (Å²) in [6, 6.07) is 0. The van der Waals surface area contributed by atoms with Gasteiger partial charge in [0.05, 0.1) is 12.9 Å². The summed E-state index contributed by atoms with van der Waals surface area (Å²) in [4.78, 5) is 11.4. The molecule has 1 rings (SSSR count). The van der Waals surface area contributed by atoms with Gasteiger partial charge in [0.1, 0.15) is 6.33 Å². The van der Waals surface area contributed by atoms with Gasteiger partial charge in [0.15, 0.2) is 0 Å². The van der Waals surface area contributed by atoms with Crippen molar-refractivity contribution < 1.29 is 4.39 Å². The Hall–Kier alpha value is -1.43. The maximum atomic E-state index is 12.2. The summed E-state index contributed by atoms with van der Waals surface area (Å²) in [5.41, 5.74) is 5.35. The molecule has 1 aromatic heterocycles. The molecule has 0 fully saturated rings. The van der Waals surface area contributed by atoms with E-state index in [1.807, 2.05) is 6.92 Å². The smallest absolute Gasteiger partial charge is 0.327 e. The lowest BCUT2D eigenvalue weighted by molar-refractivity contribution is 0.601. The van der Waals surface area contributed by atoms with Gasteiger partial charge in [-0.3, -0.25) is 4.57 Å². The summed E-state index contributed by atoms with van der Waals surface area (Å²) >= 11 is 0. The van der Waals surface area contributed by atoms with Crippen LogP contribution in [0.4, 0.5) is 4.39 Å². The van der Waals surface area contributed by atoms with E-state index >= 15 is 0 Å². The van der Waals surface area contributed by atoms with Gasteiger partial charge >= 0.3 is 5.69 Å². The van der Waals surface area contributed by atoms with Gasteiger partial charge in [-0.15, -0.1) is 0 Å². The van der Waals surface area contributed by atoms with Crippen molar-refractivity contribution in [1.29, 1.82) is 0 Å². The maximum absolute atomic E-state index is 12.2. The molecule has 0 saturated carbocycles. The van der Waals surface area contributed by atoms with Crippen LogP contribution in [0.25, 0.3) is 0 Å². The number of aromatic nitrogens is 3. The highest BCUT2D eigenvalue weighted by Gasteiger charge is 2.04. The largest absolute Gasteiger partial charge is 0.346 e. The minimum atomic E-state index is -0.250. The second-order valence-electron chi connectivity index (χ2n) is 2.83. The standard InChI is InChI=1S/C8H13FN4O/c1-2-12-6-11-13(8(12)14)5-7(3-9)4-10/h3,6H,2,4-5,10H2,1H3. The summed E-state index contributed by atoms with van der Waals surface area (Å²) in [7, 11) is 0. The lowest BCUT2D eigenvalue weighted by atomic mass is 10.3. The number of hydrogen-bond acceptors (Lipinski definition) is 3. The Labute approximate surface area is 80.6 Å². The number of aryl methyl sites for hydroxylation is 1. The molecule has 78 valence electrons. The molecule has 0 radical (unpaired) electrons. The molecular weight excluding hydrogens is 187 g/mol. The zero-order chi connectivity index (χ0) is 10.6. The van der Waals surface area contributed by atoms with Crippen molar-refractivity contribution in [3.05, 3.63) is 28.7 Å². The Morgan fingerprint density at radius 2 is 2.50 bits per heavy atom. The average molecular weight is 200 g/mol. The van der Waals surface area contributed by atoms with E-state index in [0.717, 1.165) is 0 Å². The van der Waals surface area contributed by atoms with Crippen LogP contribution in [0.1, 0.15) is 6.92 Å². The Bertz CT molecular complexity index is 379. The van der Waals surface area contributed by atoms with E-state index < -0.39 is 0 Å². The van der Waals surface area contributed by atoms with Crippen LogP contribution in [0, 0.1) is 0 Å². The van der Waals surface area contributed by atoms with Gasteiger partial charge in [0.25, 0.3) is 0 Å². The molecule has 5 nitrogen and oxygen atoms in total. The normalized spacial score (nSPS) is 12.1. The third-order valence-corrected chi connectivity index (χ3v) is 1.91. The minimum absolute atomic E-state index is 0.0852. The third-order valence-electron chi connectivity index (χ3n) is 1.91. The van der Waals surface area contributed by atoms with Crippen LogP contribution in [-0.2, 0) is 13.1 Å². The summed E-state index contributed by atoms with van der Waals surface area (Å²) in [5, 5.41) is 3.83. The topological polar surface area (TPSA) is 65.8 Å². The Kier molecular flexibility index (Phi) is 3.58. The van der Waals surface area contributed by atoms with Gasteiger partial charge in [-0.1, -0.05) is 0 Å². The van der Waals surface area contributed by atoms with Crippen LogP contribution in [-0.4, -0.2) is 20.9 Å². The van der Waals surface area contributed by atoms with Gasteiger partial charge in [-0.05, 0) is 12.5 Å². The highest BCUT2D eigenvalue weighted by Crippen LogP contribution is 1.94. The van der Waals surface area contributed by atoms with E-state index in [9.17, 15) is 9.18 Å². The number of halogens is 1. The highest BCUT2D eigenvalue weighted by atomic mass is 19.1. The molecule has 0 aliphatic rings. The molecule has 0 amide bonds. The summed E-state index contributed by atoms with van der Waals surface area (Å²) in [6.45, 7) is 2.58. The fourth-order valence-corrected chi connectivity index (χ4v) is 1.03. The van der Waals surface area contributed by atoms with Gasteiger partial charge in [0, 0.05) is 13.1 Å². The number of nitrogens with two attached hydrogens (primary N) is 1. The molecule has 6 heteroatoms. The van der Waals surface area contributed by atoms with Crippen LogP contribution in [0.15, 0.2) is 23.0 Å². The maximum Gasteiger partial charge on any atom is 0.346 e. The van der Waals surface area contributed by atoms with E-state index in [1.54, 1.807) is 0 Å². The predicted octanol–water partition coefficient (Wildman–Crippen LogP) is -0.123. The van der Waals surface area contributed by atoms with Gasteiger partial charge in [-0.2, -0.15) is 5.10 Å². The quantitative estimate of drug-likeness (QED) is 0.736. The van der Waals surface area contributed by atoms with Crippen molar-refractivity contribution >= 4 is 0 Å². The van der Waals surface area contributed by atoms with Crippen molar-refractivity contribution in [2.24, 2.45) is 5.73 Å². The Morgan fingerprint density at radius 1 is 1.79 bits per heavy atom. The second kappa shape index (κ2) is 4.71. The first kappa shape index (κ1) is 10.6. The van der Waals surface area contributed by atoms with Crippen molar-refractivity contribution in [3.8, 4) is 0 Å². The molecule has 0 unspecified atom stereocenters. The van der Waals surface area contributed by atoms with Crippen molar-refractivity contribution in [1.82, 2.24) is 14.3 Å². The first-order valence-electron chi connectivity index (χ1n) is 4.33. The molecule has 0 aromatic carbocycles. The van der Waals surface area contributed by atoms with Crippen molar-refractivity contribution in [2.45, 2.75) is 20.0 Å². The molecule has 0 atom stereocenters. The van der Waals surface area contributed by atoms with Gasteiger partial charge < -0.3 is 5.73 Å². The van der Waals surface area contributed by atoms with Crippen LogP contribution < -0.4 is 11.4 Å². The number of rotatable bonds is 4. The molecular formula is C8H13FN4O. The molecule has 0 aliphatic heterocycles. The van der Waals surface area contributed by atoms with E-state index in [1.165, 1.54) is 15.6 Å². The molecule has 0 bridgehead atoms. The second-order valence-corrected chi connectivity index (χ2v) is 2.83. The molecule has 1 heterocycles. The SMILES string of the molecule is CCn1cnn(CC(=CF)CN)c1=O. The monoisotopic (exact) mass is 200 g/mol. The van der Waals surface area contributed by atoms with Gasteiger partial charge in [-0.25, -0.2) is 13.9 Å². The fraction of sp³-hybridized carbons (Fsp3) is 0.500. The zero-order valence-electron chi connectivity index (χ0n) is 7.98.